The summed E-state index contributed by atoms with van der Waals surface area (Å²) in [4.78, 5) is 19.7. The van der Waals surface area contributed by atoms with Crippen molar-refractivity contribution >= 4 is 7.60 Å². The quantitative estimate of drug-likeness (QED) is 0.613. The van der Waals surface area contributed by atoms with Crippen molar-refractivity contribution < 1.29 is 14.4 Å². The third kappa shape index (κ3) is 9.40. The summed E-state index contributed by atoms with van der Waals surface area (Å²) in [5.41, 5.74) is 0. The lowest BCUT2D eigenvalue weighted by Gasteiger charge is -2.14. The Bertz CT molecular complexity index is 206. The molecule has 0 bridgehead atoms. The Balaban J connectivity index is 0.000000252. The second-order valence-electron chi connectivity index (χ2n) is 2.94. The van der Waals surface area contributed by atoms with Gasteiger partial charge in [0.15, 0.2) is 0 Å². The van der Waals surface area contributed by atoms with Crippen molar-refractivity contribution in [1.29, 1.82) is 0 Å². The molecule has 13 heavy (non-hydrogen) atoms. The molecule has 6 heteroatoms. The summed E-state index contributed by atoms with van der Waals surface area (Å²) in [5, 5.41) is 0. The topological polar surface area (TPSA) is 64.0 Å². The first-order valence-corrected chi connectivity index (χ1v) is 6.04. The molecule has 0 saturated heterocycles. The molecule has 0 fully saturated rings. The molecular formula is C7H17N2O3P. The third-order valence-electron chi connectivity index (χ3n) is 1.34. The van der Waals surface area contributed by atoms with E-state index in [9.17, 15) is 4.57 Å². The van der Waals surface area contributed by atoms with Gasteiger partial charge in [-0.25, -0.2) is 0 Å². The highest BCUT2D eigenvalue weighted by Crippen LogP contribution is 2.26. The van der Waals surface area contributed by atoms with Crippen LogP contribution in [0.2, 0.25) is 0 Å². The number of hydrogen-bond acceptors (Lipinski definition) is 3. The molecule has 78 valence electrons. The van der Waals surface area contributed by atoms with E-state index in [4.69, 9.17) is 9.79 Å². The highest BCUT2D eigenvalue weighted by molar-refractivity contribution is 7.50. The van der Waals surface area contributed by atoms with Crippen LogP contribution < -0.4 is 0 Å². The van der Waals surface area contributed by atoms with E-state index in [2.05, 4.69) is 36.2 Å². The first-order chi connectivity index (χ1) is 5.83. The predicted molar refractivity (Wildman–Crippen MR) is 52.1 cm³/mol. The molecule has 1 rings (SSSR count). The highest BCUT2D eigenvalue weighted by atomic mass is 31.2. The maximum atomic E-state index is 9.33. The molecule has 1 heterocycles. The summed E-state index contributed by atoms with van der Waals surface area (Å²) < 4.78 is 9.33. The van der Waals surface area contributed by atoms with Gasteiger partial charge in [0, 0.05) is 32.7 Å². The van der Waals surface area contributed by atoms with Gasteiger partial charge in [0.2, 0.25) is 0 Å². The van der Waals surface area contributed by atoms with Gasteiger partial charge in [-0.3, -0.25) is 4.57 Å². The van der Waals surface area contributed by atoms with E-state index >= 15 is 0 Å². The minimum atomic E-state index is -3.64. The van der Waals surface area contributed by atoms with Gasteiger partial charge in [-0.2, -0.15) is 0 Å². The van der Waals surface area contributed by atoms with Gasteiger partial charge in [0.05, 0.1) is 6.67 Å². The molecule has 0 aromatic heterocycles. The SMILES string of the molecule is CCN1C=CN(C)C1.CP(=O)(O)O. The van der Waals surface area contributed by atoms with Gasteiger partial charge in [-0.15, -0.1) is 0 Å². The van der Waals surface area contributed by atoms with Gasteiger partial charge >= 0.3 is 7.60 Å². The molecular weight excluding hydrogens is 191 g/mol. The van der Waals surface area contributed by atoms with Crippen molar-refractivity contribution in [3.63, 3.8) is 0 Å². The zero-order valence-electron chi connectivity index (χ0n) is 8.21. The summed E-state index contributed by atoms with van der Waals surface area (Å²) in [7, 11) is -1.56. The number of hydrogen-bond donors (Lipinski definition) is 2. The Labute approximate surface area is 78.8 Å². The zero-order valence-corrected chi connectivity index (χ0v) is 9.11. The van der Waals surface area contributed by atoms with Gasteiger partial charge < -0.3 is 19.6 Å². The highest BCUT2D eigenvalue weighted by Gasteiger charge is 2.03. The van der Waals surface area contributed by atoms with Crippen LogP contribution in [0.1, 0.15) is 6.92 Å². The standard InChI is InChI=1S/C6H12N2.CH5O3P/c1-3-8-5-4-7(2)6-8;1-5(2,3)4/h4-5H,3,6H2,1-2H3;1H3,(H2,2,3,4). The van der Waals surface area contributed by atoms with Crippen molar-refractivity contribution in [3.05, 3.63) is 12.4 Å². The number of rotatable bonds is 1. The van der Waals surface area contributed by atoms with Crippen LogP contribution in [0.3, 0.4) is 0 Å². The van der Waals surface area contributed by atoms with Crippen LogP contribution in [0, 0.1) is 0 Å². The van der Waals surface area contributed by atoms with E-state index in [1.165, 1.54) is 0 Å². The molecule has 0 amide bonds. The molecule has 0 atom stereocenters. The zero-order chi connectivity index (χ0) is 10.5. The Morgan fingerprint density at radius 3 is 2.08 bits per heavy atom. The van der Waals surface area contributed by atoms with Crippen LogP contribution in [0.5, 0.6) is 0 Å². The van der Waals surface area contributed by atoms with Gasteiger partial charge in [-0.05, 0) is 6.92 Å². The average molecular weight is 208 g/mol. The summed E-state index contributed by atoms with van der Waals surface area (Å²) in [6.45, 7) is 5.17. The lowest BCUT2D eigenvalue weighted by Crippen LogP contribution is -2.21. The second kappa shape index (κ2) is 5.27. The second-order valence-corrected chi connectivity index (χ2v) is 4.61. The molecule has 5 nitrogen and oxygen atoms in total. The first kappa shape index (κ1) is 12.5. The fourth-order valence-electron chi connectivity index (χ4n) is 0.794. The molecule has 1 aliphatic rings. The van der Waals surface area contributed by atoms with Crippen LogP contribution in [0.15, 0.2) is 12.4 Å². The Kier molecular flexibility index (Phi) is 5.06. The molecule has 0 saturated carbocycles. The lowest BCUT2D eigenvalue weighted by molar-refractivity contribution is 0.308. The van der Waals surface area contributed by atoms with Gasteiger partial charge in [0.1, 0.15) is 0 Å². The van der Waals surface area contributed by atoms with Crippen molar-refractivity contribution in [3.8, 4) is 0 Å². The van der Waals surface area contributed by atoms with Gasteiger partial charge in [0.25, 0.3) is 0 Å². The molecule has 0 unspecified atom stereocenters. The minimum absolute atomic E-state index is 0.854. The van der Waals surface area contributed by atoms with Crippen molar-refractivity contribution in [1.82, 2.24) is 9.80 Å². The Morgan fingerprint density at radius 1 is 1.46 bits per heavy atom. The van der Waals surface area contributed by atoms with E-state index < -0.39 is 7.60 Å². The van der Waals surface area contributed by atoms with Crippen LogP contribution in [0.25, 0.3) is 0 Å². The van der Waals surface area contributed by atoms with Crippen LogP contribution >= 0.6 is 7.60 Å². The largest absolute Gasteiger partial charge is 0.362 e. The average Bonchev–Trinajstić information content (AvgIpc) is 2.31. The predicted octanol–water partition coefficient (Wildman–Crippen LogP) is 0.476. The van der Waals surface area contributed by atoms with E-state index in [1.807, 2.05) is 0 Å². The smallest absolute Gasteiger partial charge is 0.322 e. The summed E-state index contributed by atoms with van der Waals surface area (Å²) >= 11 is 0. The van der Waals surface area contributed by atoms with E-state index in [0.29, 0.717) is 0 Å². The minimum Gasteiger partial charge on any atom is -0.362 e. The van der Waals surface area contributed by atoms with E-state index in [-0.39, 0.29) is 0 Å². The van der Waals surface area contributed by atoms with Crippen molar-refractivity contribution in [2.75, 3.05) is 26.9 Å². The van der Waals surface area contributed by atoms with E-state index in [0.717, 1.165) is 19.9 Å². The fraction of sp³-hybridized carbons (Fsp3) is 0.714. The monoisotopic (exact) mass is 208 g/mol. The number of nitrogens with zero attached hydrogens (tertiary/aromatic N) is 2. The van der Waals surface area contributed by atoms with Crippen molar-refractivity contribution in [2.24, 2.45) is 0 Å². The van der Waals surface area contributed by atoms with Crippen LogP contribution in [0.4, 0.5) is 0 Å². The molecule has 0 aromatic carbocycles. The molecule has 0 spiro atoms. The Hall–Kier alpha value is -0.510. The summed E-state index contributed by atoms with van der Waals surface area (Å²) in [6, 6.07) is 0. The van der Waals surface area contributed by atoms with E-state index in [1.54, 1.807) is 0 Å². The van der Waals surface area contributed by atoms with Crippen LogP contribution in [-0.4, -0.2) is 46.5 Å². The maximum Gasteiger partial charge on any atom is 0.322 e. The molecule has 1 aliphatic heterocycles. The van der Waals surface area contributed by atoms with Gasteiger partial charge in [-0.1, -0.05) is 0 Å². The normalized spacial score (nSPS) is 15.8. The summed E-state index contributed by atoms with van der Waals surface area (Å²) in [5.74, 6) is 0. The molecule has 0 aliphatic carbocycles. The van der Waals surface area contributed by atoms with Crippen LogP contribution in [-0.2, 0) is 4.57 Å². The maximum absolute atomic E-state index is 9.33. The fourth-order valence-corrected chi connectivity index (χ4v) is 0.794. The third-order valence-corrected chi connectivity index (χ3v) is 1.34. The summed E-state index contributed by atoms with van der Waals surface area (Å²) in [6.07, 6.45) is 4.20. The lowest BCUT2D eigenvalue weighted by atomic mass is 10.6. The molecule has 0 aromatic rings. The molecule has 2 N–H and O–H groups in total. The molecule has 0 radical (unpaired) electrons. The Morgan fingerprint density at radius 2 is 1.92 bits per heavy atom. The first-order valence-electron chi connectivity index (χ1n) is 3.98. The van der Waals surface area contributed by atoms with Crippen molar-refractivity contribution in [2.45, 2.75) is 6.92 Å².